The van der Waals surface area contributed by atoms with Crippen molar-refractivity contribution < 1.29 is 79.9 Å². The van der Waals surface area contributed by atoms with Gasteiger partial charge in [-0.2, -0.15) is 0 Å². The maximum Gasteiger partial charge on any atom is 0.224 e. The molecule has 0 radical (unpaired) electrons. The van der Waals surface area contributed by atoms with Crippen molar-refractivity contribution in [2.24, 2.45) is 0 Å². The predicted octanol–water partition coefficient (Wildman–Crippen LogP) is -7.57. The minimum atomic E-state index is -2.44. The van der Waals surface area contributed by atoms with E-state index in [1.54, 1.807) is 0 Å². The van der Waals surface area contributed by atoms with Gasteiger partial charge in [0.2, 0.25) is 11.6 Å². The number of aliphatic hydroxyl groups is 11. The van der Waals surface area contributed by atoms with Crippen LogP contribution >= 0.6 is 0 Å². The van der Waals surface area contributed by atoms with Crippen LogP contribution in [0, 0.1) is 0 Å². The van der Waals surface area contributed by atoms with Gasteiger partial charge in [0.1, 0.15) is 74.3 Å². The van der Waals surface area contributed by atoms with Crippen molar-refractivity contribution in [1.82, 2.24) is 0 Å². The summed E-state index contributed by atoms with van der Waals surface area (Å²) >= 11 is 0. The quantitative estimate of drug-likeness (QED) is 0.146. The third-order valence-electron chi connectivity index (χ3n) is 6.27. The van der Waals surface area contributed by atoms with Gasteiger partial charge in [-0.3, -0.25) is 0 Å². The SMILES string of the molecule is OC[C@H]1O[C@H](O[C@@]2(CO)O[C@H](CO[C@]3(CO)OC[C@@H](O)[C@@H](O)[C@@H]3O)[C@@H](O)[C@@H]2O)[C@H](O)[C@@H](O)[C@@H]1O. The van der Waals surface area contributed by atoms with E-state index in [-0.39, 0.29) is 0 Å². The Morgan fingerprint density at radius 2 is 1.32 bits per heavy atom. The molecule has 0 spiro atoms. The molecular formula is C18H32O16. The number of aliphatic hydroxyl groups excluding tert-OH is 11. The predicted molar refractivity (Wildman–Crippen MR) is 101 cm³/mol. The molecule has 16 heteroatoms. The van der Waals surface area contributed by atoms with E-state index in [1.807, 2.05) is 0 Å². The Kier molecular flexibility index (Phi) is 8.85. The van der Waals surface area contributed by atoms with E-state index < -0.39 is 112 Å². The van der Waals surface area contributed by atoms with Gasteiger partial charge in [-0.15, -0.1) is 0 Å². The maximum absolute atomic E-state index is 10.5. The van der Waals surface area contributed by atoms with E-state index in [0.29, 0.717) is 0 Å². The summed E-state index contributed by atoms with van der Waals surface area (Å²) in [4.78, 5) is 0. The molecule has 3 heterocycles. The average Bonchev–Trinajstić information content (AvgIpc) is 3.08. The first-order chi connectivity index (χ1) is 16.0. The molecule has 0 bridgehead atoms. The highest BCUT2D eigenvalue weighted by Gasteiger charge is 2.59. The van der Waals surface area contributed by atoms with Crippen LogP contribution in [0.3, 0.4) is 0 Å². The fourth-order valence-corrected chi connectivity index (χ4v) is 4.03. The Hall–Kier alpha value is -0.640. The molecule has 11 N–H and O–H groups in total. The lowest BCUT2D eigenvalue weighted by Gasteiger charge is -2.44. The summed E-state index contributed by atoms with van der Waals surface area (Å²) in [5, 5.41) is 109. The van der Waals surface area contributed by atoms with Crippen LogP contribution in [0.25, 0.3) is 0 Å². The first-order valence-corrected chi connectivity index (χ1v) is 10.5. The summed E-state index contributed by atoms with van der Waals surface area (Å²) in [6.45, 7) is -4.05. The third-order valence-corrected chi connectivity index (χ3v) is 6.27. The van der Waals surface area contributed by atoms with Crippen LogP contribution in [0.1, 0.15) is 0 Å². The molecule has 0 amide bonds. The van der Waals surface area contributed by atoms with Gasteiger partial charge in [-0.1, -0.05) is 0 Å². The van der Waals surface area contributed by atoms with Crippen molar-refractivity contribution in [3.63, 3.8) is 0 Å². The molecule has 0 saturated carbocycles. The molecule has 200 valence electrons. The van der Waals surface area contributed by atoms with Crippen LogP contribution < -0.4 is 0 Å². The number of rotatable bonds is 8. The Morgan fingerprint density at radius 1 is 0.706 bits per heavy atom. The molecule has 0 aliphatic carbocycles. The fraction of sp³-hybridized carbons (Fsp3) is 1.00. The van der Waals surface area contributed by atoms with Gasteiger partial charge in [0.25, 0.3) is 0 Å². The second-order valence-electron chi connectivity index (χ2n) is 8.47. The van der Waals surface area contributed by atoms with Crippen LogP contribution in [0.4, 0.5) is 0 Å². The van der Waals surface area contributed by atoms with Crippen LogP contribution in [0.2, 0.25) is 0 Å². The number of hydrogen-bond acceptors (Lipinski definition) is 16. The largest absolute Gasteiger partial charge is 0.394 e. The van der Waals surface area contributed by atoms with E-state index in [4.69, 9.17) is 23.7 Å². The van der Waals surface area contributed by atoms with Gasteiger partial charge in [0, 0.05) is 0 Å². The Balaban J connectivity index is 1.72. The lowest BCUT2D eigenvalue weighted by molar-refractivity contribution is -0.388. The van der Waals surface area contributed by atoms with Crippen LogP contribution in [0.15, 0.2) is 0 Å². The number of ether oxygens (including phenoxy) is 5. The summed E-state index contributed by atoms with van der Waals surface area (Å²) in [5.74, 6) is -4.65. The summed E-state index contributed by atoms with van der Waals surface area (Å²) in [7, 11) is 0. The van der Waals surface area contributed by atoms with E-state index in [2.05, 4.69) is 0 Å². The van der Waals surface area contributed by atoms with Crippen LogP contribution in [-0.2, 0) is 23.7 Å². The topological polar surface area (TPSA) is 269 Å². The molecule has 13 atom stereocenters. The normalized spacial score (nSPS) is 52.1. The van der Waals surface area contributed by atoms with Crippen molar-refractivity contribution in [2.75, 3.05) is 33.0 Å². The highest BCUT2D eigenvalue weighted by Crippen LogP contribution is 2.37. The summed E-state index contributed by atoms with van der Waals surface area (Å²) < 4.78 is 26.5. The Morgan fingerprint density at radius 3 is 1.91 bits per heavy atom. The zero-order chi connectivity index (χ0) is 25.4. The van der Waals surface area contributed by atoms with E-state index >= 15 is 0 Å². The van der Waals surface area contributed by atoms with Crippen LogP contribution in [-0.4, -0.2) is 168 Å². The molecular weight excluding hydrogens is 472 g/mol. The lowest BCUT2D eigenvalue weighted by atomic mass is 9.97. The molecule has 3 rings (SSSR count). The van der Waals surface area contributed by atoms with Gasteiger partial charge in [0.15, 0.2) is 6.29 Å². The van der Waals surface area contributed by atoms with Crippen molar-refractivity contribution in [1.29, 1.82) is 0 Å². The standard InChI is InChI=1S/C18H32O16/c19-1-7-10(24)12(26)13(27)16(32-7)34-18(5-21)15(29)11(25)8(33-18)3-31-17(4-20)14(28)9(23)6(22)2-30-17/h6-16,19-29H,1-5H2/t6-,7-,8-,9-,10-,11-,12+,13-,14+,15+,16-,17+,18-/m1/s1. The molecule has 16 nitrogen and oxygen atoms in total. The van der Waals surface area contributed by atoms with Gasteiger partial charge >= 0.3 is 0 Å². The first kappa shape index (κ1) is 27.9. The van der Waals surface area contributed by atoms with E-state index in [9.17, 15) is 56.2 Å². The van der Waals surface area contributed by atoms with E-state index in [0.717, 1.165) is 0 Å². The lowest BCUT2D eigenvalue weighted by Crippen LogP contribution is -2.64. The molecule has 0 aromatic rings. The van der Waals surface area contributed by atoms with Gasteiger partial charge in [-0.25, -0.2) is 0 Å². The third kappa shape index (κ3) is 4.83. The van der Waals surface area contributed by atoms with Crippen molar-refractivity contribution in [3.8, 4) is 0 Å². The average molecular weight is 504 g/mol. The highest BCUT2D eigenvalue weighted by molar-refractivity contribution is 5.00. The van der Waals surface area contributed by atoms with Crippen molar-refractivity contribution in [3.05, 3.63) is 0 Å². The second-order valence-corrected chi connectivity index (χ2v) is 8.47. The summed E-state index contributed by atoms with van der Waals surface area (Å²) in [5.41, 5.74) is 0. The zero-order valence-electron chi connectivity index (χ0n) is 17.8. The van der Waals surface area contributed by atoms with Gasteiger partial charge in [-0.05, 0) is 0 Å². The first-order valence-electron chi connectivity index (χ1n) is 10.5. The molecule has 0 aromatic carbocycles. The summed E-state index contributed by atoms with van der Waals surface area (Å²) in [6, 6.07) is 0. The van der Waals surface area contributed by atoms with E-state index in [1.165, 1.54) is 0 Å². The van der Waals surface area contributed by atoms with Crippen LogP contribution in [0.5, 0.6) is 0 Å². The molecule has 34 heavy (non-hydrogen) atoms. The zero-order valence-corrected chi connectivity index (χ0v) is 17.8. The molecule has 3 aliphatic heterocycles. The minimum Gasteiger partial charge on any atom is -0.394 e. The van der Waals surface area contributed by atoms with Gasteiger partial charge in [0.05, 0.1) is 19.8 Å². The number of hydrogen-bond donors (Lipinski definition) is 11. The molecule has 3 aliphatic rings. The van der Waals surface area contributed by atoms with Crippen molar-refractivity contribution >= 4 is 0 Å². The molecule has 3 saturated heterocycles. The minimum absolute atomic E-state index is 0.504. The molecule has 3 fully saturated rings. The summed E-state index contributed by atoms with van der Waals surface area (Å²) in [6.07, 6.45) is -19.0. The fourth-order valence-electron chi connectivity index (χ4n) is 4.03. The van der Waals surface area contributed by atoms with Crippen molar-refractivity contribution in [2.45, 2.75) is 78.9 Å². The second kappa shape index (κ2) is 10.8. The maximum atomic E-state index is 10.5. The molecule has 0 unspecified atom stereocenters. The smallest absolute Gasteiger partial charge is 0.224 e. The molecule has 0 aromatic heterocycles. The Labute approximate surface area is 192 Å². The monoisotopic (exact) mass is 504 g/mol. The highest BCUT2D eigenvalue weighted by atomic mass is 16.8. The van der Waals surface area contributed by atoms with Gasteiger partial charge < -0.3 is 79.9 Å². The Bertz CT molecular complexity index is 668.